The Morgan fingerprint density at radius 2 is 1.76 bits per heavy atom. The minimum absolute atomic E-state index is 0.979. The van der Waals surface area contributed by atoms with E-state index in [0.717, 1.165) is 16.8 Å². The second-order valence-electron chi connectivity index (χ2n) is 3.65. The highest BCUT2D eigenvalue weighted by atomic mass is 32.1. The van der Waals surface area contributed by atoms with Gasteiger partial charge in [-0.2, -0.15) is 0 Å². The van der Waals surface area contributed by atoms with Crippen LogP contribution in [0.3, 0.4) is 0 Å². The zero-order valence-corrected chi connectivity index (χ0v) is 9.89. The molecule has 3 aromatic rings. The standard InChI is InChI=1S/C14H10N2S/c1-2-14(17-9-1)12-3-4-13(16-10-12)11-5-7-15-8-6-11/h1-10H. The van der Waals surface area contributed by atoms with Crippen molar-refractivity contribution >= 4 is 11.3 Å². The first kappa shape index (κ1) is 10.2. The molecule has 0 atom stereocenters. The molecule has 0 saturated heterocycles. The molecule has 0 spiro atoms. The van der Waals surface area contributed by atoms with Crippen molar-refractivity contribution in [2.24, 2.45) is 0 Å². The Bertz CT molecular complexity index is 586. The lowest BCUT2D eigenvalue weighted by Crippen LogP contribution is -1.84. The molecule has 0 fully saturated rings. The van der Waals surface area contributed by atoms with E-state index in [1.165, 1.54) is 4.88 Å². The summed E-state index contributed by atoms with van der Waals surface area (Å²) in [7, 11) is 0. The largest absolute Gasteiger partial charge is 0.265 e. The van der Waals surface area contributed by atoms with Gasteiger partial charge in [0.1, 0.15) is 0 Å². The summed E-state index contributed by atoms with van der Waals surface area (Å²) in [5.74, 6) is 0. The minimum Gasteiger partial charge on any atom is -0.265 e. The van der Waals surface area contributed by atoms with Gasteiger partial charge >= 0.3 is 0 Å². The maximum absolute atomic E-state index is 4.48. The number of thiophene rings is 1. The number of pyridine rings is 2. The summed E-state index contributed by atoms with van der Waals surface area (Å²) in [6.45, 7) is 0. The van der Waals surface area contributed by atoms with Gasteiger partial charge in [-0.15, -0.1) is 11.3 Å². The van der Waals surface area contributed by atoms with E-state index in [4.69, 9.17) is 0 Å². The smallest absolute Gasteiger partial charge is 0.0703 e. The van der Waals surface area contributed by atoms with Crippen molar-refractivity contribution in [1.29, 1.82) is 0 Å². The predicted molar refractivity (Wildman–Crippen MR) is 70.8 cm³/mol. The summed E-state index contributed by atoms with van der Waals surface area (Å²) in [5.41, 5.74) is 3.24. The topological polar surface area (TPSA) is 25.8 Å². The van der Waals surface area contributed by atoms with Crippen LogP contribution in [0.4, 0.5) is 0 Å². The zero-order valence-electron chi connectivity index (χ0n) is 9.08. The first-order valence-electron chi connectivity index (χ1n) is 5.34. The fourth-order valence-corrected chi connectivity index (χ4v) is 2.39. The first-order valence-corrected chi connectivity index (χ1v) is 6.22. The third-order valence-electron chi connectivity index (χ3n) is 2.55. The van der Waals surface area contributed by atoms with E-state index >= 15 is 0 Å². The van der Waals surface area contributed by atoms with Gasteiger partial charge in [-0.05, 0) is 35.7 Å². The van der Waals surface area contributed by atoms with Crippen LogP contribution < -0.4 is 0 Å². The maximum atomic E-state index is 4.48. The average molecular weight is 238 g/mol. The SMILES string of the molecule is c1csc(-c2ccc(-c3ccncc3)nc2)c1. The van der Waals surface area contributed by atoms with Crippen molar-refractivity contribution in [2.75, 3.05) is 0 Å². The molecule has 0 aliphatic rings. The normalized spacial score (nSPS) is 10.4. The summed E-state index contributed by atoms with van der Waals surface area (Å²) in [5, 5.41) is 2.08. The van der Waals surface area contributed by atoms with Gasteiger partial charge in [-0.25, -0.2) is 0 Å². The van der Waals surface area contributed by atoms with Crippen molar-refractivity contribution in [3.05, 3.63) is 60.4 Å². The Balaban J connectivity index is 1.96. The van der Waals surface area contributed by atoms with E-state index < -0.39 is 0 Å². The van der Waals surface area contributed by atoms with Gasteiger partial charge in [0.15, 0.2) is 0 Å². The lowest BCUT2D eigenvalue weighted by molar-refractivity contribution is 1.29. The van der Waals surface area contributed by atoms with E-state index in [1.807, 2.05) is 24.4 Å². The van der Waals surface area contributed by atoms with Crippen molar-refractivity contribution < 1.29 is 0 Å². The lowest BCUT2D eigenvalue weighted by Gasteiger charge is -2.01. The molecule has 17 heavy (non-hydrogen) atoms. The van der Waals surface area contributed by atoms with Crippen molar-refractivity contribution in [2.45, 2.75) is 0 Å². The van der Waals surface area contributed by atoms with Crippen LogP contribution in [0.1, 0.15) is 0 Å². The average Bonchev–Trinajstić information content (AvgIpc) is 2.94. The summed E-state index contributed by atoms with van der Waals surface area (Å²) in [6.07, 6.45) is 5.48. The molecule has 0 N–H and O–H groups in total. The van der Waals surface area contributed by atoms with E-state index in [2.05, 4.69) is 33.5 Å². The molecule has 3 heterocycles. The van der Waals surface area contributed by atoms with Crippen LogP contribution in [0, 0.1) is 0 Å². The molecule has 0 aliphatic carbocycles. The summed E-state index contributed by atoms with van der Waals surface area (Å²) in [6, 6.07) is 12.2. The van der Waals surface area contributed by atoms with E-state index in [-0.39, 0.29) is 0 Å². The molecule has 2 nitrogen and oxygen atoms in total. The molecule has 0 saturated carbocycles. The number of hydrogen-bond donors (Lipinski definition) is 0. The molecule has 3 aromatic heterocycles. The molecular weight excluding hydrogens is 228 g/mol. The van der Waals surface area contributed by atoms with Gasteiger partial charge in [0.25, 0.3) is 0 Å². The van der Waals surface area contributed by atoms with Crippen LogP contribution in [0.15, 0.2) is 60.4 Å². The van der Waals surface area contributed by atoms with Crippen LogP contribution in [0.25, 0.3) is 21.7 Å². The van der Waals surface area contributed by atoms with Crippen LogP contribution in [-0.4, -0.2) is 9.97 Å². The van der Waals surface area contributed by atoms with E-state index in [0.29, 0.717) is 0 Å². The summed E-state index contributed by atoms with van der Waals surface area (Å²) < 4.78 is 0. The Labute approximate surface area is 104 Å². The molecule has 0 amide bonds. The second kappa shape index (κ2) is 4.47. The van der Waals surface area contributed by atoms with E-state index in [9.17, 15) is 0 Å². The Morgan fingerprint density at radius 3 is 2.41 bits per heavy atom. The van der Waals surface area contributed by atoms with Gasteiger partial charge in [0.2, 0.25) is 0 Å². The zero-order chi connectivity index (χ0) is 11.5. The van der Waals surface area contributed by atoms with Gasteiger partial charge in [0, 0.05) is 34.6 Å². The van der Waals surface area contributed by atoms with Gasteiger partial charge in [-0.3, -0.25) is 9.97 Å². The van der Waals surface area contributed by atoms with Crippen LogP contribution >= 0.6 is 11.3 Å². The summed E-state index contributed by atoms with van der Waals surface area (Å²) >= 11 is 1.73. The molecule has 0 unspecified atom stereocenters. The van der Waals surface area contributed by atoms with Crippen LogP contribution in [0.2, 0.25) is 0 Å². The molecule has 0 radical (unpaired) electrons. The van der Waals surface area contributed by atoms with Crippen molar-refractivity contribution in [1.82, 2.24) is 9.97 Å². The fraction of sp³-hybridized carbons (Fsp3) is 0. The van der Waals surface area contributed by atoms with Crippen molar-refractivity contribution in [3.8, 4) is 21.7 Å². The Morgan fingerprint density at radius 1 is 0.882 bits per heavy atom. The van der Waals surface area contributed by atoms with Crippen molar-refractivity contribution in [3.63, 3.8) is 0 Å². The second-order valence-corrected chi connectivity index (χ2v) is 4.59. The van der Waals surface area contributed by atoms with Crippen LogP contribution in [-0.2, 0) is 0 Å². The van der Waals surface area contributed by atoms with Crippen LogP contribution in [0.5, 0.6) is 0 Å². The molecular formula is C14H10N2S. The lowest BCUT2D eigenvalue weighted by atomic mass is 10.1. The summed E-state index contributed by atoms with van der Waals surface area (Å²) in [4.78, 5) is 9.74. The fourth-order valence-electron chi connectivity index (χ4n) is 1.68. The highest BCUT2D eigenvalue weighted by Gasteiger charge is 2.01. The third-order valence-corrected chi connectivity index (χ3v) is 3.46. The molecule has 3 rings (SSSR count). The number of aromatic nitrogens is 2. The first-order chi connectivity index (χ1) is 8.43. The highest BCUT2D eigenvalue weighted by Crippen LogP contribution is 2.25. The maximum Gasteiger partial charge on any atom is 0.0703 e. The van der Waals surface area contributed by atoms with E-state index in [1.54, 1.807) is 23.7 Å². The highest BCUT2D eigenvalue weighted by molar-refractivity contribution is 7.13. The number of hydrogen-bond acceptors (Lipinski definition) is 3. The van der Waals surface area contributed by atoms with Gasteiger partial charge in [-0.1, -0.05) is 6.07 Å². The van der Waals surface area contributed by atoms with Gasteiger partial charge < -0.3 is 0 Å². The number of rotatable bonds is 2. The molecule has 3 heteroatoms. The molecule has 0 aliphatic heterocycles. The minimum atomic E-state index is 0.979. The predicted octanol–water partition coefficient (Wildman–Crippen LogP) is 3.87. The Kier molecular flexibility index (Phi) is 2.68. The Hall–Kier alpha value is -2.00. The van der Waals surface area contributed by atoms with Gasteiger partial charge in [0.05, 0.1) is 5.69 Å². The third kappa shape index (κ3) is 2.10. The molecule has 82 valence electrons. The monoisotopic (exact) mass is 238 g/mol. The molecule has 0 bridgehead atoms. The quantitative estimate of drug-likeness (QED) is 0.677. The molecule has 0 aromatic carbocycles. The number of nitrogens with zero attached hydrogens (tertiary/aromatic N) is 2.